The Balaban J connectivity index is 2.20. The molecule has 0 aliphatic carbocycles. The van der Waals surface area contributed by atoms with Crippen LogP contribution in [0, 0.1) is 0 Å². The van der Waals surface area contributed by atoms with Crippen LogP contribution in [0.25, 0.3) is 0 Å². The van der Waals surface area contributed by atoms with Gasteiger partial charge in [0.2, 0.25) is 0 Å². The minimum atomic E-state index is -0.331. The van der Waals surface area contributed by atoms with Crippen LogP contribution in [0.4, 0.5) is 0 Å². The van der Waals surface area contributed by atoms with E-state index >= 15 is 0 Å². The summed E-state index contributed by atoms with van der Waals surface area (Å²) in [5.74, 6) is -0.663. The number of hydrogen-bond acceptors (Lipinski definition) is 7. The summed E-state index contributed by atoms with van der Waals surface area (Å²) in [7, 11) is 0. The summed E-state index contributed by atoms with van der Waals surface area (Å²) in [6, 6.07) is 0. The molecule has 7 heteroatoms. The second kappa shape index (κ2) is 11.6. The van der Waals surface area contributed by atoms with Crippen LogP contribution in [0.5, 0.6) is 0 Å². The summed E-state index contributed by atoms with van der Waals surface area (Å²) in [5, 5.41) is 0. The monoisotopic (exact) mass is 290 g/mol. The third-order valence-electron chi connectivity index (χ3n) is 2.49. The van der Waals surface area contributed by atoms with Crippen LogP contribution >= 0.6 is 0 Å². The molecule has 0 N–H and O–H groups in total. The van der Waals surface area contributed by atoms with Crippen LogP contribution in [-0.2, 0) is 33.3 Å². The first-order valence-corrected chi connectivity index (χ1v) is 6.83. The Morgan fingerprint density at radius 3 is 1.30 bits per heavy atom. The summed E-state index contributed by atoms with van der Waals surface area (Å²) >= 11 is 0. The summed E-state index contributed by atoms with van der Waals surface area (Å²) in [4.78, 5) is 22.6. The molecular formula is C13H22O7. The molecule has 0 aromatic heterocycles. The fourth-order valence-electron chi connectivity index (χ4n) is 1.49. The highest BCUT2D eigenvalue weighted by Crippen LogP contribution is 2.00. The molecule has 1 saturated heterocycles. The molecule has 0 bridgehead atoms. The van der Waals surface area contributed by atoms with Gasteiger partial charge in [0.25, 0.3) is 0 Å². The van der Waals surface area contributed by atoms with Crippen LogP contribution in [0.15, 0.2) is 0 Å². The van der Waals surface area contributed by atoms with Gasteiger partial charge in [-0.3, -0.25) is 9.59 Å². The second-order valence-electron chi connectivity index (χ2n) is 4.13. The maximum atomic E-state index is 11.3. The van der Waals surface area contributed by atoms with Gasteiger partial charge in [-0.1, -0.05) is 0 Å². The fraction of sp³-hybridized carbons (Fsp3) is 0.846. The Labute approximate surface area is 118 Å². The number of rotatable bonds is 0. The summed E-state index contributed by atoms with van der Waals surface area (Å²) < 4.78 is 25.6. The molecule has 0 aromatic carbocycles. The summed E-state index contributed by atoms with van der Waals surface area (Å²) in [6.07, 6.45) is 0.830. The molecule has 1 fully saturated rings. The molecule has 1 aliphatic heterocycles. The smallest absolute Gasteiger partial charge is 0.305 e. The number of carbonyl (C=O) groups is 2. The normalized spacial score (nSPS) is 22.2. The first-order valence-electron chi connectivity index (χ1n) is 6.83. The maximum absolute atomic E-state index is 11.3. The highest BCUT2D eigenvalue weighted by Gasteiger charge is 2.07. The molecule has 0 amide bonds. The minimum Gasteiger partial charge on any atom is -0.463 e. The van der Waals surface area contributed by atoms with Crippen LogP contribution in [0.2, 0.25) is 0 Å². The quantitative estimate of drug-likeness (QED) is 0.594. The number of hydrogen-bond donors (Lipinski definition) is 0. The zero-order valence-corrected chi connectivity index (χ0v) is 11.6. The van der Waals surface area contributed by atoms with Crippen molar-refractivity contribution < 1.29 is 33.3 Å². The Morgan fingerprint density at radius 2 is 0.900 bits per heavy atom. The van der Waals surface area contributed by atoms with Crippen molar-refractivity contribution in [2.24, 2.45) is 0 Å². The molecule has 0 spiro atoms. The Kier molecular flexibility index (Phi) is 9.81. The van der Waals surface area contributed by atoms with Crippen LogP contribution in [-0.4, -0.2) is 64.8 Å². The van der Waals surface area contributed by atoms with Gasteiger partial charge in [0.05, 0.1) is 39.6 Å². The van der Waals surface area contributed by atoms with E-state index in [1.807, 2.05) is 0 Å². The van der Waals surface area contributed by atoms with E-state index in [4.69, 9.17) is 23.7 Å². The molecule has 20 heavy (non-hydrogen) atoms. The van der Waals surface area contributed by atoms with Crippen molar-refractivity contribution in [3.8, 4) is 0 Å². The average molecular weight is 290 g/mol. The van der Waals surface area contributed by atoms with E-state index in [1.165, 1.54) is 0 Å². The van der Waals surface area contributed by atoms with Gasteiger partial charge in [-0.2, -0.15) is 0 Å². The number of esters is 2. The zero-order valence-electron chi connectivity index (χ0n) is 11.6. The lowest BCUT2D eigenvalue weighted by molar-refractivity contribution is -0.147. The first kappa shape index (κ1) is 16.9. The van der Waals surface area contributed by atoms with Gasteiger partial charge >= 0.3 is 11.9 Å². The van der Waals surface area contributed by atoms with E-state index in [2.05, 4.69) is 0 Å². The molecule has 0 saturated carbocycles. The lowest BCUT2D eigenvalue weighted by atomic mass is 10.2. The predicted octanol–water partition coefficient (Wildman–Crippen LogP) is 0.306. The van der Waals surface area contributed by atoms with E-state index in [-0.39, 0.29) is 38.0 Å². The SMILES string of the molecule is O=C1CCCC(=O)OCCOCCOCCOCCO1. The molecule has 116 valence electrons. The molecule has 0 unspecified atom stereocenters. The van der Waals surface area contributed by atoms with Gasteiger partial charge in [0.1, 0.15) is 13.2 Å². The van der Waals surface area contributed by atoms with Crippen LogP contribution < -0.4 is 0 Å². The Morgan fingerprint density at radius 1 is 0.550 bits per heavy atom. The van der Waals surface area contributed by atoms with Crippen molar-refractivity contribution in [2.45, 2.75) is 19.3 Å². The second-order valence-corrected chi connectivity index (χ2v) is 4.13. The van der Waals surface area contributed by atoms with Crippen molar-refractivity contribution >= 4 is 11.9 Å². The van der Waals surface area contributed by atoms with Crippen molar-refractivity contribution in [3.63, 3.8) is 0 Å². The number of cyclic esters (lactones) is 2. The number of carbonyl (C=O) groups excluding carboxylic acids is 2. The van der Waals surface area contributed by atoms with E-state index in [9.17, 15) is 9.59 Å². The lowest BCUT2D eigenvalue weighted by Crippen LogP contribution is -2.16. The molecule has 1 aliphatic rings. The molecule has 0 aromatic rings. The standard InChI is InChI=1S/C13H22O7/c14-12-2-1-3-13(15)20-11-9-18-7-5-16-4-6-17-8-10-19-12/h1-11H2. The largest absolute Gasteiger partial charge is 0.463 e. The predicted molar refractivity (Wildman–Crippen MR) is 68.2 cm³/mol. The lowest BCUT2D eigenvalue weighted by Gasteiger charge is -2.09. The molecule has 0 radical (unpaired) electrons. The molecule has 1 heterocycles. The fourth-order valence-corrected chi connectivity index (χ4v) is 1.49. The highest BCUT2D eigenvalue weighted by molar-refractivity contribution is 5.72. The first-order chi connectivity index (χ1) is 9.79. The van der Waals surface area contributed by atoms with E-state index in [1.54, 1.807) is 0 Å². The summed E-state index contributed by atoms with van der Waals surface area (Å²) in [5.41, 5.74) is 0. The topological polar surface area (TPSA) is 80.3 Å². The third-order valence-corrected chi connectivity index (χ3v) is 2.49. The molecule has 1 rings (SSSR count). The van der Waals surface area contributed by atoms with Crippen LogP contribution in [0.3, 0.4) is 0 Å². The van der Waals surface area contributed by atoms with E-state index < -0.39 is 0 Å². The summed E-state index contributed by atoms with van der Waals surface area (Å²) in [6.45, 7) is 2.95. The van der Waals surface area contributed by atoms with E-state index in [0.29, 0.717) is 46.1 Å². The Bertz CT molecular complexity index is 254. The molecular weight excluding hydrogens is 268 g/mol. The van der Waals surface area contributed by atoms with Gasteiger partial charge in [0, 0.05) is 12.8 Å². The van der Waals surface area contributed by atoms with Gasteiger partial charge in [0.15, 0.2) is 0 Å². The van der Waals surface area contributed by atoms with Crippen molar-refractivity contribution in [3.05, 3.63) is 0 Å². The molecule has 0 atom stereocenters. The molecule has 7 nitrogen and oxygen atoms in total. The van der Waals surface area contributed by atoms with Crippen molar-refractivity contribution in [2.75, 3.05) is 52.9 Å². The zero-order chi connectivity index (χ0) is 14.5. The average Bonchev–Trinajstić information content (AvgIpc) is 2.43. The van der Waals surface area contributed by atoms with Crippen LogP contribution in [0.1, 0.15) is 19.3 Å². The van der Waals surface area contributed by atoms with E-state index in [0.717, 1.165) is 0 Å². The third kappa shape index (κ3) is 9.71. The van der Waals surface area contributed by atoms with Gasteiger partial charge in [-0.05, 0) is 6.42 Å². The van der Waals surface area contributed by atoms with Gasteiger partial charge in [-0.25, -0.2) is 0 Å². The van der Waals surface area contributed by atoms with Crippen molar-refractivity contribution in [1.82, 2.24) is 0 Å². The number of ether oxygens (including phenoxy) is 5. The van der Waals surface area contributed by atoms with Crippen molar-refractivity contribution in [1.29, 1.82) is 0 Å². The maximum Gasteiger partial charge on any atom is 0.305 e. The minimum absolute atomic E-state index is 0.203. The van der Waals surface area contributed by atoms with Gasteiger partial charge in [-0.15, -0.1) is 0 Å². The highest BCUT2D eigenvalue weighted by atomic mass is 16.6. The van der Waals surface area contributed by atoms with Gasteiger partial charge < -0.3 is 23.7 Å². The Hall–Kier alpha value is -1.18.